The van der Waals surface area contributed by atoms with Crippen molar-refractivity contribution in [3.05, 3.63) is 139 Å². The second-order valence-corrected chi connectivity index (χ2v) is 9.23. The van der Waals surface area contributed by atoms with Crippen LogP contribution in [0.2, 0.25) is 0 Å². The van der Waals surface area contributed by atoms with Gasteiger partial charge in [0.15, 0.2) is 0 Å². The SMILES string of the molecule is O=P(/N=C(/C=C/c1ccccc1)c1ccccc1)(c1ccccc1)c1ccccc1. The van der Waals surface area contributed by atoms with Gasteiger partial charge in [0.2, 0.25) is 7.29 Å². The van der Waals surface area contributed by atoms with Gasteiger partial charge in [0, 0.05) is 16.2 Å². The Kier molecular flexibility index (Phi) is 6.17. The Morgan fingerprint density at radius 1 is 0.600 bits per heavy atom. The van der Waals surface area contributed by atoms with E-state index in [1.165, 1.54) is 0 Å². The van der Waals surface area contributed by atoms with Crippen LogP contribution in [0.3, 0.4) is 0 Å². The summed E-state index contributed by atoms with van der Waals surface area (Å²) in [6.45, 7) is 0. The third-order valence-corrected chi connectivity index (χ3v) is 7.26. The van der Waals surface area contributed by atoms with E-state index in [1.54, 1.807) is 0 Å². The zero-order chi connectivity index (χ0) is 20.7. The zero-order valence-electron chi connectivity index (χ0n) is 16.5. The average Bonchev–Trinajstić information content (AvgIpc) is 2.84. The highest BCUT2D eigenvalue weighted by atomic mass is 31.2. The predicted octanol–water partition coefficient (Wildman–Crippen LogP) is 6.12. The summed E-state index contributed by atoms with van der Waals surface area (Å²) < 4.78 is 19.3. The fourth-order valence-electron chi connectivity index (χ4n) is 3.21. The Morgan fingerprint density at radius 2 is 1.03 bits per heavy atom. The lowest BCUT2D eigenvalue weighted by atomic mass is 10.1. The fourth-order valence-corrected chi connectivity index (χ4v) is 5.38. The van der Waals surface area contributed by atoms with Crippen LogP contribution in [0.4, 0.5) is 0 Å². The minimum Gasteiger partial charge on any atom is -0.288 e. The van der Waals surface area contributed by atoms with Crippen molar-refractivity contribution in [3.8, 4) is 0 Å². The smallest absolute Gasteiger partial charge is 0.247 e. The number of allylic oxidation sites excluding steroid dienone is 1. The largest absolute Gasteiger partial charge is 0.288 e. The first-order chi connectivity index (χ1) is 14.8. The van der Waals surface area contributed by atoms with Crippen molar-refractivity contribution in [2.24, 2.45) is 4.76 Å². The van der Waals surface area contributed by atoms with Crippen molar-refractivity contribution in [1.29, 1.82) is 0 Å². The normalized spacial score (nSPS) is 12.2. The molecule has 0 radical (unpaired) electrons. The van der Waals surface area contributed by atoms with E-state index in [4.69, 9.17) is 4.76 Å². The van der Waals surface area contributed by atoms with Crippen LogP contribution in [0, 0.1) is 0 Å². The van der Waals surface area contributed by atoms with Gasteiger partial charge in [-0.3, -0.25) is 4.57 Å². The Balaban J connectivity index is 1.89. The van der Waals surface area contributed by atoms with E-state index in [-0.39, 0.29) is 0 Å². The van der Waals surface area contributed by atoms with Crippen molar-refractivity contribution in [2.75, 3.05) is 0 Å². The maximum atomic E-state index is 14.4. The molecule has 0 saturated carbocycles. The minimum absolute atomic E-state index is 0.690. The summed E-state index contributed by atoms with van der Waals surface area (Å²) in [6, 6.07) is 39.0. The Bertz CT molecular complexity index is 1140. The molecule has 30 heavy (non-hydrogen) atoms. The summed E-state index contributed by atoms with van der Waals surface area (Å²) in [5.41, 5.74) is 2.68. The third-order valence-electron chi connectivity index (χ3n) is 4.76. The number of hydrogen-bond acceptors (Lipinski definition) is 1. The number of benzene rings is 4. The molecule has 0 atom stereocenters. The van der Waals surface area contributed by atoms with Gasteiger partial charge in [0.1, 0.15) is 0 Å². The average molecular weight is 407 g/mol. The predicted molar refractivity (Wildman–Crippen MR) is 128 cm³/mol. The van der Waals surface area contributed by atoms with E-state index in [0.29, 0.717) is 5.71 Å². The molecule has 4 aromatic rings. The zero-order valence-corrected chi connectivity index (χ0v) is 17.4. The lowest BCUT2D eigenvalue weighted by Crippen LogP contribution is -2.15. The molecule has 0 bridgehead atoms. The highest BCUT2D eigenvalue weighted by Gasteiger charge is 2.27. The Morgan fingerprint density at radius 3 is 1.53 bits per heavy atom. The molecular formula is C27H22NOP. The quantitative estimate of drug-likeness (QED) is 0.280. The summed E-state index contributed by atoms with van der Waals surface area (Å²) in [5.74, 6) is 0. The van der Waals surface area contributed by atoms with Gasteiger partial charge in [-0.15, -0.1) is 0 Å². The molecule has 0 fully saturated rings. The number of hydrogen-bond donors (Lipinski definition) is 0. The van der Waals surface area contributed by atoms with E-state index in [0.717, 1.165) is 21.7 Å². The van der Waals surface area contributed by atoms with E-state index >= 15 is 0 Å². The lowest BCUT2D eigenvalue weighted by Gasteiger charge is -2.16. The monoisotopic (exact) mass is 407 g/mol. The number of nitrogens with zero attached hydrogens (tertiary/aromatic N) is 1. The van der Waals surface area contributed by atoms with Crippen molar-refractivity contribution < 1.29 is 4.57 Å². The maximum absolute atomic E-state index is 14.4. The van der Waals surface area contributed by atoms with Crippen LogP contribution in [0.25, 0.3) is 6.08 Å². The van der Waals surface area contributed by atoms with Crippen LogP contribution in [-0.4, -0.2) is 5.71 Å². The molecule has 0 amide bonds. The van der Waals surface area contributed by atoms with Crippen LogP contribution in [-0.2, 0) is 4.57 Å². The first kappa shape index (κ1) is 19.8. The number of rotatable bonds is 6. The molecule has 4 rings (SSSR count). The summed E-state index contributed by atoms with van der Waals surface area (Å²) in [6.07, 6.45) is 3.95. The molecule has 0 heterocycles. The minimum atomic E-state index is -3.23. The van der Waals surface area contributed by atoms with Crippen LogP contribution in [0.5, 0.6) is 0 Å². The van der Waals surface area contributed by atoms with E-state index < -0.39 is 7.29 Å². The molecule has 2 nitrogen and oxygen atoms in total. The van der Waals surface area contributed by atoms with E-state index in [9.17, 15) is 4.57 Å². The first-order valence-electron chi connectivity index (χ1n) is 9.86. The summed E-state index contributed by atoms with van der Waals surface area (Å²) in [5, 5.41) is 1.44. The molecule has 4 aromatic carbocycles. The van der Waals surface area contributed by atoms with Gasteiger partial charge in [-0.1, -0.05) is 103 Å². The fraction of sp³-hybridized carbons (Fsp3) is 0. The molecule has 0 aliphatic heterocycles. The molecular weight excluding hydrogens is 385 g/mol. The Hall–Kier alpha value is -3.48. The van der Waals surface area contributed by atoms with Gasteiger partial charge >= 0.3 is 0 Å². The molecule has 0 saturated heterocycles. The van der Waals surface area contributed by atoms with Gasteiger partial charge in [0.05, 0.1) is 5.71 Å². The second kappa shape index (κ2) is 9.35. The topological polar surface area (TPSA) is 29.4 Å². The van der Waals surface area contributed by atoms with Gasteiger partial charge in [-0.05, 0) is 35.9 Å². The molecule has 0 aliphatic rings. The maximum Gasteiger partial charge on any atom is 0.247 e. The van der Waals surface area contributed by atoms with Crippen LogP contribution >= 0.6 is 7.29 Å². The van der Waals surface area contributed by atoms with Gasteiger partial charge in [-0.25, -0.2) is 4.76 Å². The summed E-state index contributed by atoms with van der Waals surface area (Å²) in [4.78, 5) is 0. The first-order valence-corrected chi connectivity index (χ1v) is 11.5. The van der Waals surface area contributed by atoms with Crippen LogP contribution in [0.1, 0.15) is 11.1 Å². The summed E-state index contributed by atoms with van der Waals surface area (Å²) >= 11 is 0. The Labute approximate surface area is 177 Å². The van der Waals surface area contributed by atoms with Crippen molar-refractivity contribution in [3.63, 3.8) is 0 Å². The van der Waals surface area contributed by atoms with Crippen molar-refractivity contribution >= 4 is 29.7 Å². The van der Waals surface area contributed by atoms with E-state index in [2.05, 4.69) is 0 Å². The highest BCUT2D eigenvalue weighted by Crippen LogP contribution is 2.45. The van der Waals surface area contributed by atoms with Crippen molar-refractivity contribution in [2.45, 2.75) is 0 Å². The third kappa shape index (κ3) is 4.56. The highest BCUT2D eigenvalue weighted by molar-refractivity contribution is 7.77. The van der Waals surface area contributed by atoms with Crippen LogP contribution < -0.4 is 10.6 Å². The van der Waals surface area contributed by atoms with Gasteiger partial charge in [0.25, 0.3) is 0 Å². The molecule has 0 aliphatic carbocycles. The molecule has 3 heteroatoms. The van der Waals surface area contributed by atoms with Crippen molar-refractivity contribution in [1.82, 2.24) is 0 Å². The summed E-state index contributed by atoms with van der Waals surface area (Å²) in [7, 11) is -3.23. The molecule has 146 valence electrons. The standard InChI is InChI=1S/C27H22NOP/c29-30(25-17-9-3-10-18-25,26-19-11-4-12-20-26)28-27(24-15-7-2-8-16-24)22-21-23-13-5-1-6-14-23/h1-22H/b22-21+,28-27-. The van der Waals surface area contributed by atoms with Gasteiger partial charge < -0.3 is 0 Å². The molecule has 0 unspecified atom stereocenters. The molecule has 0 spiro atoms. The van der Waals surface area contributed by atoms with Crippen LogP contribution in [0.15, 0.2) is 132 Å². The molecule has 0 N–H and O–H groups in total. The molecule has 0 aromatic heterocycles. The van der Waals surface area contributed by atoms with E-state index in [1.807, 2.05) is 133 Å². The second-order valence-electron chi connectivity index (χ2n) is 6.84. The van der Waals surface area contributed by atoms with Gasteiger partial charge in [-0.2, -0.15) is 0 Å². The lowest BCUT2D eigenvalue weighted by molar-refractivity contribution is 0.588.